The summed E-state index contributed by atoms with van der Waals surface area (Å²) in [6, 6.07) is 4.30. The third-order valence-corrected chi connectivity index (χ3v) is 4.51. The van der Waals surface area contributed by atoms with Crippen molar-refractivity contribution >= 4 is 27.3 Å². The Balaban J connectivity index is 2.26. The first-order valence-electron chi connectivity index (χ1n) is 4.77. The monoisotopic (exact) mass is 275 g/mol. The topological polar surface area (TPSA) is 21.3 Å². The lowest BCUT2D eigenvalue weighted by atomic mass is 9.97. The average molecular weight is 276 g/mol. The van der Waals surface area contributed by atoms with Gasteiger partial charge in [-0.3, -0.25) is 0 Å². The van der Waals surface area contributed by atoms with E-state index in [2.05, 4.69) is 33.4 Å². The Kier molecular flexibility index (Phi) is 3.27. The van der Waals surface area contributed by atoms with Gasteiger partial charge in [0.25, 0.3) is 0 Å². The van der Waals surface area contributed by atoms with Crippen LogP contribution >= 0.6 is 27.3 Å². The van der Waals surface area contributed by atoms with Crippen LogP contribution in [-0.4, -0.2) is 20.3 Å². The van der Waals surface area contributed by atoms with Gasteiger partial charge in [-0.1, -0.05) is 0 Å². The van der Waals surface area contributed by atoms with Crippen LogP contribution in [0, 0.1) is 0 Å². The molecule has 1 atom stereocenters. The summed E-state index contributed by atoms with van der Waals surface area (Å²) in [4.78, 5) is 1.38. The van der Waals surface area contributed by atoms with Crippen LogP contribution in [0.5, 0.6) is 0 Å². The second-order valence-electron chi connectivity index (χ2n) is 3.65. The summed E-state index contributed by atoms with van der Waals surface area (Å²) in [6.07, 6.45) is 2.41. The zero-order valence-corrected chi connectivity index (χ0v) is 10.6. The van der Waals surface area contributed by atoms with Crippen molar-refractivity contribution in [2.45, 2.75) is 18.4 Å². The van der Waals surface area contributed by atoms with E-state index in [0.29, 0.717) is 0 Å². The van der Waals surface area contributed by atoms with Crippen molar-refractivity contribution in [1.82, 2.24) is 5.32 Å². The van der Waals surface area contributed by atoms with Crippen LogP contribution in [0.25, 0.3) is 0 Å². The molecule has 4 heteroatoms. The number of methoxy groups -OCH3 is 1. The molecule has 0 spiro atoms. The predicted octanol–water partition coefficient (Wildman–Crippen LogP) is 2.74. The zero-order chi connectivity index (χ0) is 10.0. The molecule has 0 bridgehead atoms. The van der Waals surface area contributed by atoms with Crippen LogP contribution in [0.15, 0.2) is 15.9 Å². The first-order valence-corrected chi connectivity index (χ1v) is 6.37. The van der Waals surface area contributed by atoms with Crippen LogP contribution in [0.4, 0.5) is 0 Å². The minimum Gasteiger partial charge on any atom is -0.382 e. The Labute approximate surface area is 96.8 Å². The number of hydrogen-bond donors (Lipinski definition) is 1. The van der Waals surface area contributed by atoms with Crippen molar-refractivity contribution in [3.8, 4) is 0 Å². The first kappa shape index (κ1) is 10.6. The molecule has 1 aromatic rings. The highest BCUT2D eigenvalue weighted by Crippen LogP contribution is 2.37. The summed E-state index contributed by atoms with van der Waals surface area (Å²) < 4.78 is 6.51. The van der Waals surface area contributed by atoms with E-state index in [1.165, 1.54) is 21.5 Å². The molecule has 0 amide bonds. The number of nitrogens with one attached hydrogen (secondary N) is 1. The van der Waals surface area contributed by atoms with Gasteiger partial charge >= 0.3 is 0 Å². The highest BCUT2D eigenvalue weighted by molar-refractivity contribution is 9.11. The third-order valence-electron chi connectivity index (χ3n) is 2.68. The van der Waals surface area contributed by atoms with Gasteiger partial charge < -0.3 is 10.1 Å². The summed E-state index contributed by atoms with van der Waals surface area (Å²) in [6.45, 7) is 1.86. The normalized spacial score (nSPS) is 27.0. The molecule has 78 valence electrons. The van der Waals surface area contributed by atoms with Gasteiger partial charge in [0.15, 0.2) is 0 Å². The lowest BCUT2D eigenvalue weighted by Crippen LogP contribution is -2.40. The largest absolute Gasteiger partial charge is 0.382 e. The maximum atomic E-state index is 5.32. The summed E-state index contributed by atoms with van der Waals surface area (Å²) in [7, 11) is 1.77. The van der Waals surface area contributed by atoms with Gasteiger partial charge in [0.05, 0.1) is 15.9 Å². The highest BCUT2D eigenvalue weighted by atomic mass is 79.9. The minimum absolute atomic E-state index is 0.0748. The fraction of sp³-hybridized carbons (Fsp3) is 0.600. The molecule has 14 heavy (non-hydrogen) atoms. The zero-order valence-electron chi connectivity index (χ0n) is 8.18. The van der Waals surface area contributed by atoms with Crippen LogP contribution in [0.1, 0.15) is 17.7 Å². The summed E-state index contributed by atoms with van der Waals surface area (Å²) in [5, 5.41) is 3.57. The van der Waals surface area contributed by atoms with E-state index >= 15 is 0 Å². The van der Waals surface area contributed by atoms with E-state index in [4.69, 9.17) is 4.74 Å². The third kappa shape index (κ3) is 1.89. The summed E-state index contributed by atoms with van der Waals surface area (Å²) in [5.74, 6) is 0. The lowest BCUT2D eigenvalue weighted by Gasteiger charge is -2.27. The Morgan fingerprint density at radius 2 is 2.50 bits per heavy atom. The highest BCUT2D eigenvalue weighted by Gasteiger charge is 2.36. The summed E-state index contributed by atoms with van der Waals surface area (Å²) >= 11 is 5.30. The van der Waals surface area contributed by atoms with Crippen LogP contribution in [0.3, 0.4) is 0 Å². The van der Waals surface area contributed by atoms with Crippen LogP contribution in [-0.2, 0) is 10.3 Å². The van der Waals surface area contributed by atoms with Crippen molar-refractivity contribution in [3.05, 3.63) is 20.8 Å². The van der Waals surface area contributed by atoms with Crippen molar-refractivity contribution in [3.63, 3.8) is 0 Å². The van der Waals surface area contributed by atoms with E-state index in [1.807, 2.05) is 0 Å². The Morgan fingerprint density at radius 3 is 3.00 bits per heavy atom. The quantitative estimate of drug-likeness (QED) is 0.916. The summed E-state index contributed by atoms with van der Waals surface area (Å²) in [5.41, 5.74) is 0.0748. The van der Waals surface area contributed by atoms with E-state index in [-0.39, 0.29) is 5.54 Å². The van der Waals surface area contributed by atoms with Crippen molar-refractivity contribution in [2.24, 2.45) is 0 Å². The molecule has 1 aliphatic heterocycles. The molecule has 1 aliphatic rings. The fourth-order valence-corrected chi connectivity index (χ4v) is 3.59. The number of ether oxygens (including phenoxy) is 1. The molecule has 0 radical (unpaired) electrons. The molecule has 2 heterocycles. The second kappa shape index (κ2) is 4.31. The van der Waals surface area contributed by atoms with Gasteiger partial charge in [-0.25, -0.2) is 0 Å². The van der Waals surface area contributed by atoms with Gasteiger partial charge in [-0.2, -0.15) is 0 Å². The van der Waals surface area contributed by atoms with E-state index in [9.17, 15) is 0 Å². The molecule has 1 unspecified atom stereocenters. The van der Waals surface area contributed by atoms with E-state index in [1.54, 1.807) is 18.4 Å². The molecule has 0 aliphatic carbocycles. The number of hydrogen-bond acceptors (Lipinski definition) is 3. The fourth-order valence-electron chi connectivity index (χ4n) is 2.03. The van der Waals surface area contributed by atoms with E-state index in [0.717, 1.165) is 13.2 Å². The van der Waals surface area contributed by atoms with Gasteiger partial charge in [-0.15, -0.1) is 11.3 Å². The van der Waals surface area contributed by atoms with Crippen LogP contribution < -0.4 is 5.32 Å². The molecule has 0 saturated carbocycles. The smallest absolute Gasteiger partial charge is 0.0766 e. The molecule has 1 fully saturated rings. The predicted molar refractivity (Wildman–Crippen MR) is 62.8 cm³/mol. The first-order chi connectivity index (χ1) is 6.77. The Bertz CT molecular complexity index is 307. The number of thiophene rings is 1. The molecule has 1 aromatic heterocycles. The molecular formula is C10H14BrNOS. The van der Waals surface area contributed by atoms with Crippen molar-refractivity contribution < 1.29 is 4.74 Å². The molecule has 0 aromatic carbocycles. The Morgan fingerprint density at radius 1 is 1.64 bits per heavy atom. The molecule has 1 saturated heterocycles. The van der Waals surface area contributed by atoms with E-state index < -0.39 is 0 Å². The molecule has 2 nitrogen and oxygen atoms in total. The molecule has 1 N–H and O–H groups in total. The number of halogens is 1. The van der Waals surface area contributed by atoms with Gasteiger partial charge in [0.2, 0.25) is 0 Å². The Hall–Kier alpha value is 0.1000. The second-order valence-corrected chi connectivity index (χ2v) is 6.11. The standard InChI is InChI=1S/C10H14BrNOS/c1-13-7-10(5-2-6-12-10)8-3-4-9(11)14-8/h3-4,12H,2,5-7H2,1H3. The van der Waals surface area contributed by atoms with Gasteiger partial charge in [-0.05, 0) is 47.4 Å². The van der Waals surface area contributed by atoms with Gasteiger partial charge in [0.1, 0.15) is 0 Å². The minimum atomic E-state index is 0.0748. The van der Waals surface area contributed by atoms with Crippen LogP contribution in [0.2, 0.25) is 0 Å². The SMILES string of the molecule is COCC1(c2ccc(Br)s2)CCCN1. The van der Waals surface area contributed by atoms with Crippen molar-refractivity contribution in [2.75, 3.05) is 20.3 Å². The lowest BCUT2D eigenvalue weighted by molar-refractivity contribution is 0.122. The molecule has 2 rings (SSSR count). The van der Waals surface area contributed by atoms with Gasteiger partial charge in [0, 0.05) is 12.0 Å². The number of rotatable bonds is 3. The molecular weight excluding hydrogens is 262 g/mol. The average Bonchev–Trinajstić information content (AvgIpc) is 2.75. The van der Waals surface area contributed by atoms with Crippen molar-refractivity contribution in [1.29, 1.82) is 0 Å². The maximum Gasteiger partial charge on any atom is 0.0766 e. The maximum absolute atomic E-state index is 5.32.